The molecule has 20 heavy (non-hydrogen) atoms. The Morgan fingerprint density at radius 1 is 1.25 bits per heavy atom. The molecular formula is C15H17Cl2NO2. The topological polar surface area (TPSA) is 34.4 Å². The van der Waals surface area contributed by atoms with E-state index in [1.807, 2.05) is 6.07 Å². The Balaban J connectivity index is 1.97. The van der Waals surface area contributed by atoms with Gasteiger partial charge in [-0.2, -0.15) is 0 Å². The second-order valence-corrected chi connectivity index (χ2v) is 5.17. The second-order valence-electron chi connectivity index (χ2n) is 4.39. The molecule has 108 valence electrons. The summed E-state index contributed by atoms with van der Waals surface area (Å²) in [6.07, 6.45) is 2.77. The van der Waals surface area contributed by atoms with Crippen LogP contribution >= 0.6 is 23.2 Å². The van der Waals surface area contributed by atoms with Gasteiger partial charge in [-0.3, -0.25) is 0 Å². The number of benzene rings is 1. The summed E-state index contributed by atoms with van der Waals surface area (Å²) < 4.78 is 11.1. The van der Waals surface area contributed by atoms with Crippen molar-refractivity contribution in [2.75, 3.05) is 6.54 Å². The van der Waals surface area contributed by atoms with E-state index < -0.39 is 0 Å². The summed E-state index contributed by atoms with van der Waals surface area (Å²) in [6, 6.07) is 7.26. The molecule has 0 radical (unpaired) electrons. The molecule has 0 saturated heterocycles. The molecule has 1 heterocycles. The van der Waals surface area contributed by atoms with Crippen LogP contribution in [0.2, 0.25) is 10.0 Å². The molecule has 0 spiro atoms. The highest BCUT2D eigenvalue weighted by molar-refractivity contribution is 6.42. The summed E-state index contributed by atoms with van der Waals surface area (Å²) in [5, 5.41) is 4.24. The molecular weight excluding hydrogens is 297 g/mol. The van der Waals surface area contributed by atoms with Crippen molar-refractivity contribution >= 4 is 23.2 Å². The second kappa shape index (κ2) is 7.58. The van der Waals surface area contributed by atoms with Crippen molar-refractivity contribution in [1.82, 2.24) is 5.32 Å². The molecule has 0 atom stereocenters. The molecule has 0 fully saturated rings. The zero-order valence-corrected chi connectivity index (χ0v) is 12.8. The van der Waals surface area contributed by atoms with E-state index in [4.69, 9.17) is 32.4 Å². The van der Waals surface area contributed by atoms with Crippen LogP contribution in [0, 0.1) is 0 Å². The molecule has 2 rings (SSSR count). The third kappa shape index (κ3) is 3.92. The Morgan fingerprint density at radius 2 is 2.10 bits per heavy atom. The first-order valence-electron chi connectivity index (χ1n) is 6.55. The fourth-order valence-electron chi connectivity index (χ4n) is 1.79. The number of rotatable bonds is 7. The molecule has 0 aliphatic carbocycles. The molecule has 1 aromatic carbocycles. The van der Waals surface area contributed by atoms with Gasteiger partial charge in [0.2, 0.25) is 0 Å². The normalized spacial score (nSPS) is 10.8. The third-order valence-electron chi connectivity index (χ3n) is 2.85. The number of ether oxygens (including phenoxy) is 1. The highest BCUT2D eigenvalue weighted by atomic mass is 35.5. The molecule has 2 aromatic rings. The largest absolute Gasteiger partial charge is 0.484 e. The van der Waals surface area contributed by atoms with Crippen LogP contribution in [-0.4, -0.2) is 6.54 Å². The Bertz CT molecular complexity index is 555. The summed E-state index contributed by atoms with van der Waals surface area (Å²) in [7, 11) is 0. The monoisotopic (exact) mass is 313 g/mol. The number of halogens is 2. The van der Waals surface area contributed by atoms with E-state index in [1.54, 1.807) is 24.5 Å². The van der Waals surface area contributed by atoms with Crippen molar-refractivity contribution < 1.29 is 9.15 Å². The van der Waals surface area contributed by atoms with E-state index in [0.717, 1.165) is 30.8 Å². The quantitative estimate of drug-likeness (QED) is 0.755. The first-order chi connectivity index (χ1) is 9.72. The molecule has 1 aromatic heterocycles. The summed E-state index contributed by atoms with van der Waals surface area (Å²) in [4.78, 5) is 0. The van der Waals surface area contributed by atoms with E-state index in [1.165, 1.54) is 0 Å². The minimum atomic E-state index is 0.330. The lowest BCUT2D eigenvalue weighted by Crippen LogP contribution is -2.14. The van der Waals surface area contributed by atoms with E-state index in [-0.39, 0.29) is 0 Å². The van der Waals surface area contributed by atoms with Gasteiger partial charge in [-0.05, 0) is 31.2 Å². The van der Waals surface area contributed by atoms with E-state index >= 15 is 0 Å². The average Bonchev–Trinajstić information content (AvgIpc) is 2.88. The van der Waals surface area contributed by atoms with Crippen molar-refractivity contribution in [1.29, 1.82) is 0 Å². The summed E-state index contributed by atoms with van der Waals surface area (Å²) in [6.45, 7) is 4.21. The van der Waals surface area contributed by atoms with E-state index in [9.17, 15) is 0 Å². The highest BCUT2D eigenvalue weighted by Gasteiger charge is 2.10. The van der Waals surface area contributed by atoms with Gasteiger partial charge in [0, 0.05) is 12.1 Å². The van der Waals surface area contributed by atoms with Crippen molar-refractivity contribution in [3.63, 3.8) is 0 Å². The Labute approximate surface area is 128 Å². The maximum Gasteiger partial charge on any atom is 0.146 e. The highest BCUT2D eigenvalue weighted by Crippen LogP contribution is 2.32. The van der Waals surface area contributed by atoms with E-state index in [0.29, 0.717) is 22.4 Å². The smallest absolute Gasteiger partial charge is 0.146 e. The predicted octanol–water partition coefficient (Wildman–Crippen LogP) is 4.67. The average molecular weight is 314 g/mol. The third-order valence-corrected chi connectivity index (χ3v) is 3.66. The van der Waals surface area contributed by atoms with Gasteiger partial charge in [0.05, 0.1) is 11.3 Å². The maximum atomic E-state index is 6.08. The minimum absolute atomic E-state index is 0.330. The Kier molecular flexibility index (Phi) is 5.77. The molecule has 0 bridgehead atoms. The first-order valence-corrected chi connectivity index (χ1v) is 7.30. The molecule has 0 aliphatic heterocycles. The summed E-state index contributed by atoms with van der Waals surface area (Å²) >= 11 is 12.0. The van der Waals surface area contributed by atoms with Gasteiger partial charge in [-0.15, -0.1) is 0 Å². The van der Waals surface area contributed by atoms with Crippen molar-refractivity contribution in [3.8, 4) is 5.75 Å². The van der Waals surface area contributed by atoms with Crippen LogP contribution in [0.4, 0.5) is 0 Å². The minimum Gasteiger partial charge on any atom is -0.484 e. The van der Waals surface area contributed by atoms with Crippen LogP contribution < -0.4 is 10.1 Å². The van der Waals surface area contributed by atoms with Gasteiger partial charge >= 0.3 is 0 Å². The zero-order chi connectivity index (χ0) is 14.4. The molecule has 3 nitrogen and oxygen atoms in total. The molecule has 1 N–H and O–H groups in total. The SMILES string of the molecule is CCCNCc1ccoc1COc1cccc(Cl)c1Cl. The fraction of sp³-hybridized carbons (Fsp3) is 0.333. The van der Waals surface area contributed by atoms with Crippen LogP contribution in [0.15, 0.2) is 34.9 Å². The van der Waals surface area contributed by atoms with Crippen molar-refractivity contribution in [2.45, 2.75) is 26.5 Å². The first kappa shape index (κ1) is 15.2. The predicted molar refractivity (Wildman–Crippen MR) is 81.5 cm³/mol. The zero-order valence-electron chi connectivity index (χ0n) is 11.3. The van der Waals surface area contributed by atoms with Gasteiger partial charge in [-0.25, -0.2) is 0 Å². The Hall–Kier alpha value is -1.16. The van der Waals surface area contributed by atoms with Gasteiger partial charge in [-0.1, -0.05) is 36.2 Å². The molecule has 0 unspecified atom stereocenters. The molecule has 0 amide bonds. The van der Waals surface area contributed by atoms with Crippen LogP contribution in [0.5, 0.6) is 5.75 Å². The number of furan rings is 1. The fourth-order valence-corrected chi connectivity index (χ4v) is 2.14. The summed E-state index contributed by atoms with van der Waals surface area (Å²) in [5.74, 6) is 1.35. The lowest BCUT2D eigenvalue weighted by molar-refractivity contribution is 0.268. The molecule has 0 saturated carbocycles. The lowest BCUT2D eigenvalue weighted by Gasteiger charge is -2.09. The number of hydrogen-bond acceptors (Lipinski definition) is 3. The van der Waals surface area contributed by atoms with Crippen LogP contribution in [-0.2, 0) is 13.2 Å². The molecule has 5 heteroatoms. The van der Waals surface area contributed by atoms with Gasteiger partial charge in [0.25, 0.3) is 0 Å². The summed E-state index contributed by atoms with van der Waals surface area (Å²) in [5.41, 5.74) is 1.09. The van der Waals surface area contributed by atoms with Crippen molar-refractivity contribution in [2.24, 2.45) is 0 Å². The van der Waals surface area contributed by atoms with Gasteiger partial charge < -0.3 is 14.5 Å². The van der Waals surface area contributed by atoms with Crippen LogP contribution in [0.1, 0.15) is 24.7 Å². The maximum absolute atomic E-state index is 6.08. The standard InChI is InChI=1S/C15H17Cl2NO2/c1-2-7-18-9-11-6-8-19-14(11)10-20-13-5-3-4-12(16)15(13)17/h3-6,8,18H,2,7,9-10H2,1H3. The number of hydrogen-bond donors (Lipinski definition) is 1. The lowest BCUT2D eigenvalue weighted by atomic mass is 10.2. The van der Waals surface area contributed by atoms with Crippen LogP contribution in [0.25, 0.3) is 0 Å². The molecule has 0 aliphatic rings. The Morgan fingerprint density at radius 3 is 2.90 bits per heavy atom. The number of nitrogens with one attached hydrogen (secondary N) is 1. The van der Waals surface area contributed by atoms with E-state index in [2.05, 4.69) is 12.2 Å². The van der Waals surface area contributed by atoms with Crippen molar-refractivity contribution in [3.05, 3.63) is 51.9 Å². The van der Waals surface area contributed by atoms with Crippen LogP contribution in [0.3, 0.4) is 0 Å². The van der Waals surface area contributed by atoms with Gasteiger partial charge in [0.15, 0.2) is 0 Å². The van der Waals surface area contributed by atoms with Gasteiger partial charge in [0.1, 0.15) is 23.1 Å².